The molecule has 0 saturated carbocycles. The molecule has 0 aliphatic rings. The van der Waals surface area contributed by atoms with Gasteiger partial charge in [-0.2, -0.15) is 0 Å². The first-order valence-electron chi connectivity index (χ1n) is 9.57. The second kappa shape index (κ2) is 56.3. The van der Waals surface area contributed by atoms with Crippen LogP contribution in [0.5, 0.6) is 0 Å². The van der Waals surface area contributed by atoms with Crippen molar-refractivity contribution in [3.8, 4) is 0 Å². The molecule has 0 heterocycles. The Hall–Kier alpha value is 0.739. The summed E-state index contributed by atoms with van der Waals surface area (Å²) in [7, 11) is 0. The Morgan fingerprint density at radius 1 is 0.370 bits per heavy atom. The fourth-order valence-electron chi connectivity index (χ4n) is 2.80. The number of unbranched alkanes of at least 4 members (excludes halogenated alkanes) is 16. The van der Waals surface area contributed by atoms with Crippen molar-refractivity contribution in [3.05, 3.63) is 0 Å². The van der Waals surface area contributed by atoms with Gasteiger partial charge >= 0.3 is 19.8 Å². The molecule has 0 aliphatic carbocycles. The maximum atomic E-state index is 8.06. The first kappa shape index (κ1) is 50.9. The molecule has 5 nitrogen and oxygen atoms in total. The molecule has 0 aromatic rings. The van der Waals surface area contributed by atoms with Crippen molar-refractivity contribution >= 4 is 24.8 Å². The van der Waals surface area contributed by atoms with Gasteiger partial charge in [0.05, 0.1) is 0 Å². The average Bonchev–Trinajstić information content (AvgIpc) is 2.53. The predicted octanol–water partition coefficient (Wildman–Crippen LogP) is 5.08. The molecule has 0 amide bonds. The molecule has 0 saturated heterocycles. The van der Waals surface area contributed by atoms with Crippen LogP contribution in [0.15, 0.2) is 0 Å². The van der Waals surface area contributed by atoms with E-state index in [-0.39, 0.29) is 46.7 Å². The first-order chi connectivity index (χ1) is 10.4. The van der Waals surface area contributed by atoms with Gasteiger partial charge in [-0.3, -0.25) is 0 Å². The second-order valence-corrected chi connectivity index (χ2v) is 6.30. The van der Waals surface area contributed by atoms with Crippen LogP contribution in [0.25, 0.3) is 0 Å². The van der Waals surface area contributed by atoms with Crippen LogP contribution in [-0.2, 0) is 19.8 Å². The molecule has 0 bridgehead atoms. The van der Waals surface area contributed by atoms with Crippen molar-refractivity contribution in [1.29, 1.82) is 0 Å². The normalized spacial score (nSPS) is 7.93. The molecule has 0 atom stereocenters. The molecule has 177 valence electrons. The number of hydrogen-bond donors (Lipinski definition) is 0. The summed E-state index contributed by atoms with van der Waals surface area (Å²) in [4.78, 5) is 0. The Morgan fingerprint density at radius 2 is 0.481 bits per heavy atom. The van der Waals surface area contributed by atoms with E-state index in [1.54, 1.807) is 15.9 Å². The number of rotatable bonds is 16. The van der Waals surface area contributed by atoms with E-state index >= 15 is 0 Å². The minimum atomic E-state index is 0. The quantitative estimate of drug-likeness (QED) is 0.218. The summed E-state index contributed by atoms with van der Waals surface area (Å²) in [6.07, 6.45) is 24.9. The monoisotopic (exact) mass is 483 g/mol. The summed E-state index contributed by atoms with van der Waals surface area (Å²) in [5, 5.41) is 0. The molecule has 0 spiro atoms. The molecule has 0 radical (unpaired) electrons. The van der Waals surface area contributed by atoms with Crippen LogP contribution in [-0.4, -0.2) is 21.9 Å². The van der Waals surface area contributed by atoms with Crippen LogP contribution >= 0.6 is 24.8 Å². The van der Waals surface area contributed by atoms with Crippen LogP contribution in [0.4, 0.5) is 0 Å². The summed E-state index contributed by atoms with van der Waals surface area (Å²) < 4.78 is 8.06. The fourth-order valence-corrected chi connectivity index (χ4v) is 2.80. The first-order valence-corrected chi connectivity index (χ1v) is 10.1. The molecule has 8 N–H and O–H groups in total. The Kier molecular flexibility index (Phi) is 106. The Balaban J connectivity index is -0.0000000725. The van der Waals surface area contributed by atoms with Gasteiger partial charge in [0.2, 0.25) is 0 Å². The van der Waals surface area contributed by atoms with Crippen molar-refractivity contribution < 1.29 is 41.7 Å². The van der Waals surface area contributed by atoms with Gasteiger partial charge in [-0.25, -0.2) is 0 Å². The third-order valence-electron chi connectivity index (χ3n) is 4.21. The van der Waals surface area contributed by atoms with Gasteiger partial charge in [0, 0.05) is 0 Å². The zero-order chi connectivity index (χ0) is 16.0. The van der Waals surface area contributed by atoms with E-state index in [0.717, 1.165) is 0 Å². The molecule has 0 rings (SSSR count). The van der Waals surface area contributed by atoms with Crippen LogP contribution in [0.1, 0.15) is 123 Å². The van der Waals surface area contributed by atoms with Crippen molar-refractivity contribution in [2.45, 2.75) is 123 Å². The van der Waals surface area contributed by atoms with Crippen molar-refractivity contribution in [1.82, 2.24) is 0 Å². The summed E-state index contributed by atoms with van der Waals surface area (Å²) >= 11 is 1.69. The molecule has 8 heteroatoms. The molecule has 0 unspecified atom stereocenters. The Bertz CT molecular complexity index is 168. The minimum absolute atomic E-state index is 0. The molecular formula is C19H50Cl2MnO5. The summed E-state index contributed by atoms with van der Waals surface area (Å²) in [5.41, 5.74) is 0. The van der Waals surface area contributed by atoms with Gasteiger partial charge in [0.15, 0.2) is 0 Å². The van der Waals surface area contributed by atoms with E-state index in [9.17, 15) is 0 Å². The van der Waals surface area contributed by atoms with Crippen LogP contribution in [0.2, 0.25) is 0 Å². The third-order valence-corrected chi connectivity index (χ3v) is 4.21. The van der Waals surface area contributed by atoms with E-state index in [1.807, 2.05) is 0 Å². The molecule has 0 aliphatic heterocycles. The summed E-state index contributed by atoms with van der Waals surface area (Å²) in [5.74, 6) is 0. The zero-order valence-electron chi connectivity index (χ0n) is 17.6. The average molecular weight is 484 g/mol. The van der Waals surface area contributed by atoms with E-state index in [1.165, 1.54) is 109 Å². The zero-order valence-corrected chi connectivity index (χ0v) is 20.4. The van der Waals surface area contributed by atoms with Crippen molar-refractivity contribution in [2.75, 3.05) is 0 Å². The van der Waals surface area contributed by atoms with E-state index < -0.39 is 0 Å². The summed E-state index contributed by atoms with van der Waals surface area (Å²) in [6.45, 7) is 4.59. The molecule has 0 aromatic heterocycles. The molecular weight excluding hydrogens is 434 g/mol. The standard InChI is InChI=1S/C19H40.2ClH.Mn.4H2O.O/c1-3-5-7-9-11-13-15-17-19-18-16-14-12-10-8-6-4-2;;;;;;;;/h3-19H2,1-2H3;2*1H;;4*1H2;. The van der Waals surface area contributed by atoms with Gasteiger partial charge in [-0.1, -0.05) is 123 Å². The molecule has 0 aromatic carbocycles. The molecule has 0 fully saturated rings. The number of hydrogen-bond acceptors (Lipinski definition) is 1. The van der Waals surface area contributed by atoms with Crippen LogP contribution in [0, 0.1) is 0 Å². The Labute approximate surface area is 189 Å². The van der Waals surface area contributed by atoms with E-state index in [4.69, 9.17) is 3.83 Å². The predicted molar refractivity (Wildman–Crippen MR) is 119 cm³/mol. The molecule has 27 heavy (non-hydrogen) atoms. The van der Waals surface area contributed by atoms with E-state index in [0.29, 0.717) is 0 Å². The Morgan fingerprint density at radius 3 is 0.593 bits per heavy atom. The topological polar surface area (TPSA) is 143 Å². The maximum absolute atomic E-state index is 8.06. The van der Waals surface area contributed by atoms with Crippen LogP contribution in [0.3, 0.4) is 0 Å². The van der Waals surface area contributed by atoms with Gasteiger partial charge in [-0.15, -0.1) is 24.8 Å². The van der Waals surface area contributed by atoms with Gasteiger partial charge < -0.3 is 21.9 Å². The second-order valence-electron chi connectivity index (χ2n) is 6.30. The van der Waals surface area contributed by atoms with Gasteiger partial charge in [0.1, 0.15) is 0 Å². The van der Waals surface area contributed by atoms with Gasteiger partial charge in [-0.05, 0) is 0 Å². The fraction of sp³-hybridized carbons (Fsp3) is 1.00. The van der Waals surface area contributed by atoms with Crippen molar-refractivity contribution in [3.63, 3.8) is 0 Å². The van der Waals surface area contributed by atoms with Gasteiger partial charge in [0.25, 0.3) is 0 Å². The van der Waals surface area contributed by atoms with Crippen LogP contribution < -0.4 is 0 Å². The van der Waals surface area contributed by atoms with E-state index in [2.05, 4.69) is 13.8 Å². The SMILES string of the molecule is CCCCCCCCCCCCCCCCCCC.Cl.Cl.O.O.O.O.[O]=[Mn]. The summed E-state index contributed by atoms with van der Waals surface area (Å²) in [6, 6.07) is 0. The third kappa shape index (κ3) is 58.4. The van der Waals surface area contributed by atoms with Crippen molar-refractivity contribution in [2.24, 2.45) is 0 Å². The number of halogens is 2.